The first-order chi connectivity index (χ1) is 14.0. The van der Waals surface area contributed by atoms with Gasteiger partial charge in [-0.15, -0.1) is 0 Å². The van der Waals surface area contributed by atoms with E-state index in [2.05, 4.69) is 0 Å². The lowest BCUT2D eigenvalue weighted by Gasteiger charge is -2.50. The molecule has 1 saturated heterocycles. The monoisotopic (exact) mass is 489 g/mol. The van der Waals surface area contributed by atoms with Crippen molar-refractivity contribution in [1.29, 1.82) is 0 Å². The van der Waals surface area contributed by atoms with Gasteiger partial charge < -0.3 is 0 Å². The maximum atomic E-state index is 13.7. The molecule has 11 heteroatoms. The molecule has 0 saturated carbocycles. The van der Waals surface area contributed by atoms with E-state index in [9.17, 15) is 9.59 Å². The number of rotatable bonds is 4. The number of anilines is 2. The number of imide groups is 1. The van der Waals surface area contributed by atoms with Gasteiger partial charge in [0.2, 0.25) is 0 Å². The van der Waals surface area contributed by atoms with Crippen LogP contribution in [0.4, 0.5) is 21.0 Å². The van der Waals surface area contributed by atoms with Gasteiger partial charge in [0.25, 0.3) is 0 Å². The summed E-state index contributed by atoms with van der Waals surface area (Å²) in [5.74, 6) is 0. The Labute approximate surface area is 194 Å². The van der Waals surface area contributed by atoms with E-state index < -0.39 is 18.4 Å². The molecule has 2 aromatic rings. The molecule has 0 bridgehead atoms. The number of carbonyl (C=O) groups excluding carboxylic acids is 2. The molecular weight excluding hydrogens is 472 g/mol. The van der Waals surface area contributed by atoms with E-state index in [1.807, 2.05) is 0 Å². The zero-order valence-electron chi connectivity index (χ0n) is 16.6. The van der Waals surface area contributed by atoms with Crippen LogP contribution in [0, 0.1) is 0 Å². The highest BCUT2D eigenvalue weighted by Crippen LogP contribution is 2.35. The SMILES string of the molecule is CN(C)C1N(c2cc(Cl)cc(Cl)c2)C(=O)N(c2cc(Cl)cc(Cl)c2)C(=O)N1N(C)C. The van der Waals surface area contributed by atoms with Gasteiger partial charge in [0.05, 0.1) is 11.4 Å². The van der Waals surface area contributed by atoms with Crippen LogP contribution in [0.5, 0.6) is 0 Å². The summed E-state index contributed by atoms with van der Waals surface area (Å²) in [4.78, 5) is 31.2. The molecule has 0 aliphatic carbocycles. The molecule has 1 atom stereocenters. The van der Waals surface area contributed by atoms with Crippen molar-refractivity contribution in [1.82, 2.24) is 14.9 Å². The average Bonchev–Trinajstić information content (AvgIpc) is 2.58. The van der Waals surface area contributed by atoms with Gasteiger partial charge in [0.15, 0.2) is 6.29 Å². The largest absolute Gasteiger partial charge is 0.350 e. The number of carbonyl (C=O) groups is 2. The number of hydrazine groups is 1. The molecule has 1 fully saturated rings. The minimum Gasteiger partial charge on any atom is -0.271 e. The van der Waals surface area contributed by atoms with Crippen LogP contribution >= 0.6 is 46.4 Å². The van der Waals surface area contributed by atoms with Gasteiger partial charge in [0.1, 0.15) is 0 Å². The number of amides is 4. The van der Waals surface area contributed by atoms with E-state index in [1.165, 1.54) is 28.1 Å². The first-order valence-corrected chi connectivity index (χ1v) is 10.2. The van der Waals surface area contributed by atoms with Crippen LogP contribution in [0.1, 0.15) is 0 Å². The molecule has 0 N–H and O–H groups in total. The highest BCUT2D eigenvalue weighted by molar-refractivity contribution is 6.36. The van der Waals surface area contributed by atoms with Crippen molar-refractivity contribution in [3.8, 4) is 0 Å². The van der Waals surface area contributed by atoms with E-state index in [4.69, 9.17) is 46.4 Å². The average molecular weight is 491 g/mol. The topological polar surface area (TPSA) is 50.3 Å². The highest BCUT2D eigenvalue weighted by atomic mass is 35.5. The van der Waals surface area contributed by atoms with Crippen molar-refractivity contribution in [3.63, 3.8) is 0 Å². The van der Waals surface area contributed by atoms with Gasteiger partial charge >= 0.3 is 12.1 Å². The van der Waals surface area contributed by atoms with Crippen LogP contribution in [0.15, 0.2) is 36.4 Å². The molecule has 0 radical (unpaired) electrons. The number of hydrogen-bond acceptors (Lipinski definition) is 4. The summed E-state index contributed by atoms with van der Waals surface area (Å²) < 4.78 is 0. The number of hydrogen-bond donors (Lipinski definition) is 0. The lowest BCUT2D eigenvalue weighted by molar-refractivity contribution is -0.0291. The molecule has 1 aliphatic heterocycles. The Balaban J connectivity index is 2.24. The van der Waals surface area contributed by atoms with Gasteiger partial charge in [-0.05, 0) is 50.5 Å². The summed E-state index contributed by atoms with van der Waals surface area (Å²) in [7, 11) is 6.92. The van der Waals surface area contributed by atoms with Crippen LogP contribution in [0.25, 0.3) is 0 Å². The van der Waals surface area contributed by atoms with Gasteiger partial charge in [-0.3, -0.25) is 9.80 Å². The zero-order valence-corrected chi connectivity index (χ0v) is 19.6. The standard InChI is InChI=1S/C19H19Cl4N5O2/c1-24(2)17-26(15-7-11(20)5-12(21)8-15)18(29)27(19(30)28(17)25(3)4)16-9-13(22)6-14(23)10-16/h5-10,17H,1-4H3. The number of benzene rings is 2. The molecule has 1 aliphatic rings. The molecule has 7 nitrogen and oxygen atoms in total. The van der Waals surface area contributed by atoms with Crippen molar-refractivity contribution in [3.05, 3.63) is 56.5 Å². The van der Waals surface area contributed by atoms with E-state index in [0.717, 1.165) is 4.90 Å². The zero-order chi connectivity index (χ0) is 22.3. The van der Waals surface area contributed by atoms with Gasteiger partial charge in [-0.25, -0.2) is 24.5 Å². The van der Waals surface area contributed by atoms with Crippen molar-refractivity contribution in [2.75, 3.05) is 38.0 Å². The Morgan fingerprint density at radius 1 is 0.700 bits per heavy atom. The first kappa shape index (κ1) is 22.9. The molecule has 160 valence electrons. The molecule has 2 aromatic carbocycles. The van der Waals surface area contributed by atoms with Crippen LogP contribution < -0.4 is 9.80 Å². The Kier molecular flexibility index (Phi) is 6.72. The normalized spacial score (nSPS) is 17.5. The maximum absolute atomic E-state index is 13.7. The van der Waals surface area contributed by atoms with Crippen LogP contribution in [0.3, 0.4) is 0 Å². The molecule has 3 rings (SSSR count). The summed E-state index contributed by atoms with van der Waals surface area (Å²) in [6, 6.07) is 8.12. The summed E-state index contributed by atoms with van der Waals surface area (Å²) >= 11 is 24.6. The lowest BCUT2D eigenvalue weighted by atomic mass is 10.2. The summed E-state index contributed by atoms with van der Waals surface area (Å²) in [6.45, 7) is 0. The van der Waals surface area contributed by atoms with Crippen LogP contribution in [0.2, 0.25) is 20.1 Å². The third kappa shape index (κ3) is 4.32. The van der Waals surface area contributed by atoms with Crippen molar-refractivity contribution < 1.29 is 9.59 Å². The van der Waals surface area contributed by atoms with Gasteiger partial charge in [-0.2, -0.15) is 0 Å². The second kappa shape index (κ2) is 8.78. The third-order valence-corrected chi connectivity index (χ3v) is 5.23. The van der Waals surface area contributed by atoms with Crippen molar-refractivity contribution >= 4 is 69.8 Å². The molecule has 4 amide bonds. The second-order valence-corrected chi connectivity index (χ2v) is 8.77. The van der Waals surface area contributed by atoms with Gasteiger partial charge in [-0.1, -0.05) is 46.4 Å². The quantitative estimate of drug-likeness (QED) is 0.568. The summed E-state index contributed by atoms with van der Waals surface area (Å²) in [5, 5.41) is 4.31. The van der Waals surface area contributed by atoms with E-state index in [-0.39, 0.29) is 5.69 Å². The Bertz CT molecular complexity index is 960. The summed E-state index contributed by atoms with van der Waals surface area (Å²) in [5.41, 5.74) is 0.665. The second-order valence-electron chi connectivity index (χ2n) is 7.03. The highest BCUT2D eigenvalue weighted by Gasteiger charge is 2.48. The van der Waals surface area contributed by atoms with Crippen molar-refractivity contribution in [2.45, 2.75) is 6.29 Å². The minimum atomic E-state index is -0.777. The van der Waals surface area contributed by atoms with Gasteiger partial charge in [0, 0.05) is 34.2 Å². The van der Waals surface area contributed by atoms with E-state index in [0.29, 0.717) is 25.8 Å². The lowest BCUT2D eigenvalue weighted by Crippen LogP contribution is -2.73. The predicted molar refractivity (Wildman–Crippen MR) is 122 cm³/mol. The number of urea groups is 2. The fourth-order valence-corrected chi connectivity index (χ4v) is 4.27. The van der Waals surface area contributed by atoms with Crippen LogP contribution in [-0.2, 0) is 0 Å². The fraction of sp³-hybridized carbons (Fsp3) is 0.263. The van der Waals surface area contributed by atoms with E-state index in [1.54, 1.807) is 56.3 Å². The molecule has 30 heavy (non-hydrogen) atoms. The maximum Gasteiger partial charge on any atom is 0.350 e. The molecule has 0 spiro atoms. The Hall–Kier alpha value is -1.74. The molecular formula is C19H19Cl4N5O2. The smallest absolute Gasteiger partial charge is 0.271 e. The third-order valence-electron chi connectivity index (χ3n) is 4.36. The minimum absolute atomic E-state index is 0.240. The summed E-state index contributed by atoms with van der Waals surface area (Å²) in [6.07, 6.45) is -0.777. The predicted octanol–water partition coefficient (Wildman–Crippen LogP) is 5.49. The first-order valence-electron chi connectivity index (χ1n) is 8.73. The molecule has 1 heterocycles. The van der Waals surface area contributed by atoms with Crippen LogP contribution in [-0.4, -0.2) is 61.5 Å². The molecule has 1 unspecified atom stereocenters. The van der Waals surface area contributed by atoms with Crippen molar-refractivity contribution in [2.24, 2.45) is 0 Å². The Morgan fingerprint density at radius 3 is 1.53 bits per heavy atom. The fourth-order valence-electron chi connectivity index (χ4n) is 3.24. The van der Waals surface area contributed by atoms with E-state index >= 15 is 0 Å². The number of nitrogens with zero attached hydrogens (tertiary/aromatic N) is 5. The number of halogens is 4. The Morgan fingerprint density at radius 2 is 1.13 bits per heavy atom. The molecule has 0 aromatic heterocycles.